The molecule has 1 saturated heterocycles. The van der Waals surface area contributed by atoms with E-state index in [9.17, 15) is 4.79 Å². The number of anilines is 1. The number of carbonyl (C=O) groups is 1. The maximum atomic E-state index is 11.3. The number of amides is 1. The third-order valence-corrected chi connectivity index (χ3v) is 3.41. The molecule has 1 amide bonds. The van der Waals surface area contributed by atoms with Crippen LogP contribution in [0.15, 0.2) is 18.2 Å². The molecule has 1 aromatic rings. The molecule has 0 spiro atoms. The highest BCUT2D eigenvalue weighted by Crippen LogP contribution is 2.38. The average Bonchev–Trinajstić information content (AvgIpc) is 2.57. The molecule has 1 unspecified atom stereocenters. The molecule has 2 aliphatic rings. The smallest absolute Gasteiger partial charge is 0.239 e. The second-order valence-corrected chi connectivity index (χ2v) is 4.44. The minimum Gasteiger partial charge on any atom is -0.356 e. The molecule has 0 radical (unpaired) electrons. The summed E-state index contributed by atoms with van der Waals surface area (Å²) in [6.07, 6.45) is 0.982. The number of hydrogen-bond donors (Lipinski definition) is 1. The highest BCUT2D eigenvalue weighted by molar-refractivity contribution is 6.33. The van der Waals surface area contributed by atoms with E-state index in [-0.39, 0.29) is 5.91 Å². The molecule has 0 aliphatic carbocycles. The van der Waals surface area contributed by atoms with Gasteiger partial charge in [0, 0.05) is 6.54 Å². The molecule has 78 valence electrons. The molecule has 1 atom stereocenters. The van der Waals surface area contributed by atoms with Crippen molar-refractivity contribution < 1.29 is 4.79 Å². The van der Waals surface area contributed by atoms with Gasteiger partial charge in [0.15, 0.2) is 0 Å². The lowest BCUT2D eigenvalue weighted by atomic mass is 10.1. The van der Waals surface area contributed by atoms with Crippen LogP contribution in [0.25, 0.3) is 0 Å². The highest BCUT2D eigenvalue weighted by atomic mass is 35.5. The fourth-order valence-electron chi connectivity index (χ4n) is 2.43. The van der Waals surface area contributed by atoms with Crippen LogP contribution in [-0.4, -0.2) is 25.0 Å². The normalized spacial score (nSPS) is 23.4. The summed E-state index contributed by atoms with van der Waals surface area (Å²) in [5.74, 6) is 0.0824. The van der Waals surface area contributed by atoms with E-state index in [4.69, 9.17) is 11.6 Å². The maximum absolute atomic E-state index is 11.3. The topological polar surface area (TPSA) is 32.3 Å². The summed E-state index contributed by atoms with van der Waals surface area (Å²) in [6.45, 7) is 1.16. The molecule has 2 heterocycles. The van der Waals surface area contributed by atoms with Crippen molar-refractivity contribution in [1.29, 1.82) is 0 Å². The third kappa shape index (κ3) is 1.30. The van der Waals surface area contributed by atoms with Crippen molar-refractivity contribution in [3.05, 3.63) is 28.8 Å². The number of piperazine rings is 1. The van der Waals surface area contributed by atoms with Crippen molar-refractivity contribution >= 4 is 23.2 Å². The number of fused-ring (bicyclic) bond motifs is 3. The van der Waals surface area contributed by atoms with Crippen LogP contribution in [0.4, 0.5) is 5.69 Å². The van der Waals surface area contributed by atoms with E-state index in [1.165, 1.54) is 5.56 Å². The number of nitrogens with zero attached hydrogens (tertiary/aromatic N) is 1. The first kappa shape index (κ1) is 9.04. The quantitative estimate of drug-likeness (QED) is 0.716. The Labute approximate surface area is 93.0 Å². The first-order valence-corrected chi connectivity index (χ1v) is 5.44. The summed E-state index contributed by atoms with van der Waals surface area (Å²) in [7, 11) is 0. The van der Waals surface area contributed by atoms with Crippen molar-refractivity contribution in [2.45, 2.75) is 12.5 Å². The Morgan fingerprint density at radius 1 is 1.47 bits per heavy atom. The summed E-state index contributed by atoms with van der Waals surface area (Å²) in [6, 6.07) is 6.33. The van der Waals surface area contributed by atoms with Gasteiger partial charge in [-0.25, -0.2) is 0 Å². The Hall–Kier alpha value is -1.22. The number of para-hydroxylation sites is 1. The largest absolute Gasteiger partial charge is 0.356 e. The van der Waals surface area contributed by atoms with Gasteiger partial charge in [0.05, 0.1) is 23.3 Å². The van der Waals surface area contributed by atoms with Crippen molar-refractivity contribution in [3.63, 3.8) is 0 Å². The Kier molecular flexibility index (Phi) is 1.89. The summed E-state index contributed by atoms with van der Waals surface area (Å²) in [5, 5.41) is 3.64. The zero-order valence-corrected chi connectivity index (χ0v) is 8.92. The summed E-state index contributed by atoms with van der Waals surface area (Å²) in [5.41, 5.74) is 2.31. The molecule has 2 aliphatic heterocycles. The number of benzene rings is 1. The van der Waals surface area contributed by atoms with Gasteiger partial charge in [-0.05, 0) is 18.1 Å². The van der Waals surface area contributed by atoms with Gasteiger partial charge in [-0.2, -0.15) is 0 Å². The van der Waals surface area contributed by atoms with E-state index in [0.29, 0.717) is 12.6 Å². The van der Waals surface area contributed by atoms with E-state index >= 15 is 0 Å². The van der Waals surface area contributed by atoms with Crippen molar-refractivity contribution in [1.82, 2.24) is 5.32 Å². The van der Waals surface area contributed by atoms with Crippen molar-refractivity contribution in [3.8, 4) is 0 Å². The van der Waals surface area contributed by atoms with E-state index in [0.717, 1.165) is 23.7 Å². The molecule has 0 aromatic heterocycles. The number of hydrogen-bond acceptors (Lipinski definition) is 2. The SMILES string of the molecule is O=C1CN2c3c(Cl)cccc3CC2CN1. The second-order valence-electron chi connectivity index (χ2n) is 4.04. The van der Waals surface area contributed by atoms with Gasteiger partial charge >= 0.3 is 0 Å². The maximum Gasteiger partial charge on any atom is 0.239 e. The van der Waals surface area contributed by atoms with Crippen LogP contribution in [0.1, 0.15) is 5.56 Å². The first-order chi connectivity index (χ1) is 7.25. The first-order valence-electron chi connectivity index (χ1n) is 5.06. The molecular formula is C11H11ClN2O. The molecule has 4 heteroatoms. The molecular weight excluding hydrogens is 212 g/mol. The standard InChI is InChI=1S/C11H11ClN2O/c12-9-3-1-2-7-4-8-5-13-10(15)6-14(8)11(7)9/h1-3,8H,4-6H2,(H,13,15). The molecule has 3 nitrogen and oxygen atoms in total. The van der Waals surface area contributed by atoms with Gasteiger partial charge in [0.2, 0.25) is 5.91 Å². The second kappa shape index (κ2) is 3.14. The Morgan fingerprint density at radius 3 is 3.20 bits per heavy atom. The summed E-state index contributed by atoms with van der Waals surface area (Å²) < 4.78 is 0. The van der Waals surface area contributed by atoms with E-state index in [2.05, 4.69) is 16.3 Å². The molecule has 0 bridgehead atoms. The molecule has 1 aromatic carbocycles. The molecule has 3 rings (SSSR count). The monoisotopic (exact) mass is 222 g/mol. The Balaban J connectivity index is 2.06. The predicted octanol–water partition coefficient (Wildman–Crippen LogP) is 1.20. The van der Waals surface area contributed by atoms with Gasteiger partial charge in [0.25, 0.3) is 0 Å². The number of halogens is 1. The fourth-order valence-corrected chi connectivity index (χ4v) is 2.73. The lowest BCUT2D eigenvalue weighted by molar-refractivity contribution is -0.120. The van der Waals surface area contributed by atoms with E-state index < -0.39 is 0 Å². The van der Waals surface area contributed by atoms with E-state index in [1.54, 1.807) is 0 Å². The van der Waals surface area contributed by atoms with Crippen molar-refractivity contribution in [2.24, 2.45) is 0 Å². The predicted molar refractivity (Wildman–Crippen MR) is 59.3 cm³/mol. The van der Waals surface area contributed by atoms with Crippen LogP contribution in [-0.2, 0) is 11.2 Å². The molecule has 1 fully saturated rings. The number of carbonyl (C=O) groups excluding carboxylic acids is 1. The van der Waals surface area contributed by atoms with Gasteiger partial charge in [-0.15, -0.1) is 0 Å². The van der Waals surface area contributed by atoms with Crippen LogP contribution in [0.5, 0.6) is 0 Å². The Bertz CT molecular complexity index is 433. The van der Waals surface area contributed by atoms with Crippen LogP contribution in [0.3, 0.4) is 0 Å². The average molecular weight is 223 g/mol. The minimum absolute atomic E-state index is 0.0824. The van der Waals surface area contributed by atoms with Gasteiger partial charge in [0.1, 0.15) is 0 Å². The van der Waals surface area contributed by atoms with Gasteiger partial charge < -0.3 is 10.2 Å². The highest BCUT2D eigenvalue weighted by Gasteiger charge is 2.35. The van der Waals surface area contributed by atoms with Crippen LogP contribution < -0.4 is 10.2 Å². The zero-order chi connectivity index (χ0) is 10.4. The fraction of sp³-hybridized carbons (Fsp3) is 0.364. The van der Waals surface area contributed by atoms with Gasteiger partial charge in [-0.3, -0.25) is 4.79 Å². The zero-order valence-electron chi connectivity index (χ0n) is 8.16. The van der Waals surface area contributed by atoms with Crippen LogP contribution in [0, 0.1) is 0 Å². The molecule has 15 heavy (non-hydrogen) atoms. The van der Waals surface area contributed by atoms with Crippen molar-refractivity contribution in [2.75, 3.05) is 18.0 Å². The Morgan fingerprint density at radius 2 is 2.33 bits per heavy atom. The summed E-state index contributed by atoms with van der Waals surface area (Å²) in [4.78, 5) is 13.5. The number of nitrogens with one attached hydrogen (secondary N) is 1. The molecule has 0 saturated carbocycles. The third-order valence-electron chi connectivity index (χ3n) is 3.10. The van der Waals surface area contributed by atoms with Crippen LogP contribution in [0.2, 0.25) is 5.02 Å². The lowest BCUT2D eigenvalue weighted by Gasteiger charge is -2.32. The van der Waals surface area contributed by atoms with E-state index in [1.807, 2.05) is 12.1 Å². The minimum atomic E-state index is 0.0824. The van der Waals surface area contributed by atoms with Crippen LogP contribution >= 0.6 is 11.6 Å². The summed E-state index contributed by atoms with van der Waals surface area (Å²) >= 11 is 6.16. The molecule has 1 N–H and O–H groups in total. The van der Waals surface area contributed by atoms with Gasteiger partial charge in [-0.1, -0.05) is 23.7 Å². The lowest BCUT2D eigenvalue weighted by Crippen LogP contribution is -2.53. The number of rotatable bonds is 0.